The summed E-state index contributed by atoms with van der Waals surface area (Å²) in [7, 11) is 0. The van der Waals surface area contributed by atoms with Crippen LogP contribution in [0.2, 0.25) is 0 Å². The summed E-state index contributed by atoms with van der Waals surface area (Å²) in [6.45, 7) is 2.76. The minimum absolute atomic E-state index is 0.0550. The first-order chi connectivity index (χ1) is 9.65. The van der Waals surface area contributed by atoms with Crippen LogP contribution in [0.4, 0.5) is 5.69 Å². The smallest absolute Gasteiger partial charge is 0.331 e. The van der Waals surface area contributed by atoms with Crippen LogP contribution in [0.25, 0.3) is 0 Å². The molecule has 0 unspecified atom stereocenters. The second kappa shape index (κ2) is 6.38. The topological polar surface area (TPSA) is 70.1 Å². The van der Waals surface area contributed by atoms with Gasteiger partial charge in [-0.3, -0.25) is 4.79 Å². The standard InChI is InChI=1S/C14H18N2O4/c1-2-15(7-8-17)13(18)9-16-10-14(19)20-12-6-4-3-5-11(12)16/h3-6,17H,2,7-10H2,1H3. The van der Waals surface area contributed by atoms with Gasteiger partial charge in [-0.2, -0.15) is 0 Å². The largest absolute Gasteiger partial charge is 0.423 e. The molecule has 2 rings (SSSR count). The predicted molar refractivity (Wildman–Crippen MR) is 73.6 cm³/mol. The summed E-state index contributed by atoms with van der Waals surface area (Å²) in [5, 5.41) is 8.94. The number of carbonyl (C=O) groups is 2. The van der Waals surface area contributed by atoms with E-state index in [1.807, 2.05) is 19.1 Å². The molecule has 6 heteroatoms. The lowest BCUT2D eigenvalue weighted by Gasteiger charge is -2.31. The molecule has 1 aromatic carbocycles. The summed E-state index contributed by atoms with van der Waals surface area (Å²) in [6.07, 6.45) is 0. The molecule has 0 spiro atoms. The van der Waals surface area contributed by atoms with Gasteiger partial charge in [0.2, 0.25) is 5.91 Å². The van der Waals surface area contributed by atoms with E-state index >= 15 is 0 Å². The lowest BCUT2D eigenvalue weighted by molar-refractivity contribution is -0.133. The number of anilines is 1. The van der Waals surface area contributed by atoms with Crippen molar-refractivity contribution in [3.05, 3.63) is 24.3 Å². The molecule has 1 heterocycles. The maximum atomic E-state index is 12.2. The van der Waals surface area contributed by atoms with Crippen molar-refractivity contribution in [1.82, 2.24) is 4.90 Å². The molecule has 108 valence electrons. The maximum absolute atomic E-state index is 12.2. The van der Waals surface area contributed by atoms with Crippen molar-refractivity contribution < 1.29 is 19.4 Å². The molecule has 6 nitrogen and oxygen atoms in total. The van der Waals surface area contributed by atoms with Crippen LogP contribution in [-0.4, -0.2) is 54.7 Å². The molecule has 1 aromatic rings. The molecule has 0 aromatic heterocycles. The Balaban J connectivity index is 2.13. The zero-order valence-corrected chi connectivity index (χ0v) is 11.4. The zero-order chi connectivity index (χ0) is 14.5. The van der Waals surface area contributed by atoms with Gasteiger partial charge in [-0.05, 0) is 19.1 Å². The van der Waals surface area contributed by atoms with Gasteiger partial charge in [-0.25, -0.2) is 4.79 Å². The molecule has 1 N–H and O–H groups in total. The van der Waals surface area contributed by atoms with E-state index < -0.39 is 0 Å². The van der Waals surface area contributed by atoms with Crippen molar-refractivity contribution in [1.29, 1.82) is 0 Å². The average Bonchev–Trinajstić information content (AvgIpc) is 2.44. The first-order valence-corrected chi connectivity index (χ1v) is 6.59. The molecule has 0 bridgehead atoms. The fraction of sp³-hybridized carbons (Fsp3) is 0.429. The third-order valence-corrected chi connectivity index (χ3v) is 3.18. The van der Waals surface area contributed by atoms with E-state index in [1.54, 1.807) is 21.9 Å². The van der Waals surface area contributed by atoms with Crippen LogP contribution in [0.5, 0.6) is 5.75 Å². The summed E-state index contributed by atoms with van der Waals surface area (Å²) in [5.41, 5.74) is 0.737. The van der Waals surface area contributed by atoms with Gasteiger partial charge in [0.15, 0.2) is 5.75 Å². The summed E-state index contributed by atoms with van der Waals surface area (Å²) in [6, 6.07) is 7.13. The van der Waals surface area contributed by atoms with Crippen LogP contribution < -0.4 is 9.64 Å². The first kappa shape index (κ1) is 14.3. The number of ether oxygens (including phenoxy) is 1. The number of amides is 1. The molecular formula is C14H18N2O4. The van der Waals surface area contributed by atoms with Gasteiger partial charge in [0.25, 0.3) is 0 Å². The predicted octanol–water partition coefficient (Wildman–Crippen LogP) is 0.253. The maximum Gasteiger partial charge on any atom is 0.331 e. The van der Waals surface area contributed by atoms with E-state index in [4.69, 9.17) is 9.84 Å². The fourth-order valence-corrected chi connectivity index (χ4v) is 2.18. The van der Waals surface area contributed by atoms with Crippen LogP contribution in [0.15, 0.2) is 24.3 Å². The Labute approximate surface area is 117 Å². The number of hydrogen-bond donors (Lipinski definition) is 1. The second-order valence-corrected chi connectivity index (χ2v) is 4.49. The van der Waals surface area contributed by atoms with Crippen molar-refractivity contribution in [3.8, 4) is 5.75 Å². The highest BCUT2D eigenvalue weighted by Gasteiger charge is 2.26. The van der Waals surface area contributed by atoms with Gasteiger partial charge < -0.3 is 19.6 Å². The van der Waals surface area contributed by atoms with Crippen molar-refractivity contribution in [2.24, 2.45) is 0 Å². The van der Waals surface area contributed by atoms with E-state index in [0.717, 1.165) is 5.69 Å². The van der Waals surface area contributed by atoms with Crippen molar-refractivity contribution in [2.45, 2.75) is 6.92 Å². The number of likely N-dealkylation sites (N-methyl/N-ethyl adjacent to an activating group) is 1. The Kier molecular flexibility index (Phi) is 4.57. The number of hydrogen-bond acceptors (Lipinski definition) is 5. The molecule has 0 fully saturated rings. The Bertz CT molecular complexity index is 504. The Morgan fingerprint density at radius 1 is 1.45 bits per heavy atom. The van der Waals surface area contributed by atoms with E-state index in [2.05, 4.69) is 0 Å². The van der Waals surface area contributed by atoms with Crippen LogP contribution in [0.1, 0.15) is 6.92 Å². The number of fused-ring (bicyclic) bond motifs is 1. The SMILES string of the molecule is CCN(CCO)C(=O)CN1CC(=O)Oc2ccccc21. The highest BCUT2D eigenvalue weighted by molar-refractivity contribution is 5.89. The van der Waals surface area contributed by atoms with Gasteiger partial charge >= 0.3 is 5.97 Å². The zero-order valence-electron chi connectivity index (χ0n) is 11.4. The number of aliphatic hydroxyl groups is 1. The van der Waals surface area contributed by atoms with Gasteiger partial charge in [0.1, 0.15) is 6.54 Å². The number of esters is 1. The van der Waals surface area contributed by atoms with Crippen molar-refractivity contribution >= 4 is 17.6 Å². The molecule has 0 atom stereocenters. The second-order valence-electron chi connectivity index (χ2n) is 4.49. The number of rotatable bonds is 5. The normalized spacial score (nSPS) is 13.7. The van der Waals surface area contributed by atoms with E-state index in [0.29, 0.717) is 18.8 Å². The Morgan fingerprint density at radius 2 is 2.20 bits per heavy atom. The van der Waals surface area contributed by atoms with E-state index in [9.17, 15) is 9.59 Å². The highest BCUT2D eigenvalue weighted by Crippen LogP contribution is 2.31. The molecule has 0 aliphatic carbocycles. The number of benzene rings is 1. The van der Waals surface area contributed by atoms with E-state index in [1.165, 1.54) is 0 Å². The Hall–Kier alpha value is -2.08. The molecular weight excluding hydrogens is 260 g/mol. The first-order valence-electron chi connectivity index (χ1n) is 6.59. The molecule has 0 saturated heterocycles. The lowest BCUT2D eigenvalue weighted by Crippen LogP contribution is -2.45. The fourth-order valence-electron chi connectivity index (χ4n) is 2.18. The molecule has 1 amide bonds. The molecule has 20 heavy (non-hydrogen) atoms. The molecule has 0 saturated carbocycles. The molecule has 0 radical (unpaired) electrons. The number of aliphatic hydroxyl groups excluding tert-OH is 1. The number of para-hydroxylation sites is 2. The number of carbonyl (C=O) groups excluding carboxylic acids is 2. The highest BCUT2D eigenvalue weighted by atomic mass is 16.5. The average molecular weight is 278 g/mol. The van der Waals surface area contributed by atoms with E-state index in [-0.39, 0.29) is 31.6 Å². The summed E-state index contributed by atoms with van der Waals surface area (Å²) in [4.78, 5) is 27.0. The minimum Gasteiger partial charge on any atom is -0.423 e. The van der Waals surface area contributed by atoms with Crippen LogP contribution in [0, 0.1) is 0 Å². The van der Waals surface area contributed by atoms with Crippen LogP contribution in [0.3, 0.4) is 0 Å². The Morgan fingerprint density at radius 3 is 2.90 bits per heavy atom. The third kappa shape index (κ3) is 3.08. The van der Waals surface area contributed by atoms with Gasteiger partial charge in [-0.1, -0.05) is 12.1 Å². The van der Waals surface area contributed by atoms with Crippen molar-refractivity contribution in [3.63, 3.8) is 0 Å². The third-order valence-electron chi connectivity index (χ3n) is 3.18. The van der Waals surface area contributed by atoms with Crippen LogP contribution >= 0.6 is 0 Å². The van der Waals surface area contributed by atoms with Gasteiger partial charge in [-0.15, -0.1) is 0 Å². The molecule has 1 aliphatic rings. The quantitative estimate of drug-likeness (QED) is 0.618. The minimum atomic E-state index is -0.373. The monoisotopic (exact) mass is 278 g/mol. The van der Waals surface area contributed by atoms with Gasteiger partial charge in [0.05, 0.1) is 18.8 Å². The summed E-state index contributed by atoms with van der Waals surface area (Å²) >= 11 is 0. The lowest BCUT2D eigenvalue weighted by atomic mass is 10.2. The summed E-state index contributed by atoms with van der Waals surface area (Å²) < 4.78 is 5.13. The van der Waals surface area contributed by atoms with Gasteiger partial charge in [0, 0.05) is 13.1 Å². The van der Waals surface area contributed by atoms with Crippen molar-refractivity contribution in [2.75, 3.05) is 37.7 Å². The van der Waals surface area contributed by atoms with Crippen LogP contribution in [-0.2, 0) is 9.59 Å². The molecule has 1 aliphatic heterocycles. The summed E-state index contributed by atoms with van der Waals surface area (Å²) in [5.74, 6) is -0.0190. The number of nitrogens with zero attached hydrogens (tertiary/aromatic N) is 2.